The van der Waals surface area contributed by atoms with Crippen molar-refractivity contribution in [1.29, 1.82) is 0 Å². The Hall–Kier alpha value is -3.15. The Morgan fingerprint density at radius 1 is 1.07 bits per heavy atom. The fourth-order valence-electron chi connectivity index (χ4n) is 4.46. The molecule has 2 aliphatic heterocycles. The van der Waals surface area contributed by atoms with Crippen molar-refractivity contribution in [1.82, 2.24) is 15.1 Å². The molecule has 1 N–H and O–H groups in total. The number of hydrogen-bond acceptors (Lipinski definition) is 3. The van der Waals surface area contributed by atoms with Gasteiger partial charge >= 0.3 is 6.03 Å². The summed E-state index contributed by atoms with van der Waals surface area (Å²) in [5.41, 5.74) is 0.441. The lowest BCUT2D eigenvalue weighted by atomic mass is 9.83. The average molecular weight is 405 g/mol. The van der Waals surface area contributed by atoms with E-state index in [9.17, 15) is 14.4 Å². The lowest BCUT2D eigenvalue weighted by Gasteiger charge is -2.32. The minimum Gasteiger partial charge on any atom is -0.341 e. The summed E-state index contributed by atoms with van der Waals surface area (Å²) in [6.07, 6.45) is 2.38. The zero-order valence-electron chi connectivity index (χ0n) is 17.2. The minimum atomic E-state index is -1.21. The Labute approximate surface area is 176 Å². The molecule has 0 spiro atoms. The molecule has 2 aromatic carbocycles. The van der Waals surface area contributed by atoms with Crippen LogP contribution in [0, 0.1) is 5.92 Å². The molecule has 6 nitrogen and oxygen atoms in total. The van der Waals surface area contributed by atoms with Crippen LogP contribution < -0.4 is 5.32 Å². The molecular weight excluding hydrogens is 378 g/mol. The third-order valence-electron chi connectivity index (χ3n) is 6.06. The summed E-state index contributed by atoms with van der Waals surface area (Å²) >= 11 is 0. The molecule has 2 fully saturated rings. The number of benzene rings is 2. The van der Waals surface area contributed by atoms with E-state index in [1.54, 1.807) is 4.90 Å². The molecule has 2 atom stereocenters. The summed E-state index contributed by atoms with van der Waals surface area (Å²) in [5, 5.41) is 2.92. The van der Waals surface area contributed by atoms with E-state index in [4.69, 9.17) is 0 Å². The molecule has 2 heterocycles. The number of nitrogens with one attached hydrogen (secondary N) is 1. The van der Waals surface area contributed by atoms with Crippen molar-refractivity contribution in [2.45, 2.75) is 31.7 Å². The predicted molar refractivity (Wildman–Crippen MR) is 113 cm³/mol. The number of carbonyl (C=O) groups excluding carboxylic acids is 3. The van der Waals surface area contributed by atoms with E-state index in [0.29, 0.717) is 31.0 Å². The maximum absolute atomic E-state index is 13.6. The second-order valence-electron chi connectivity index (χ2n) is 8.34. The quantitative estimate of drug-likeness (QED) is 0.778. The zero-order chi connectivity index (χ0) is 21.1. The number of likely N-dealkylation sites (tertiary alicyclic amines) is 1. The number of piperidine rings is 1. The molecule has 4 rings (SSSR count). The van der Waals surface area contributed by atoms with Gasteiger partial charge in [0.05, 0.1) is 0 Å². The Morgan fingerprint density at radius 3 is 2.40 bits per heavy atom. The molecule has 2 unspecified atom stereocenters. The summed E-state index contributed by atoms with van der Waals surface area (Å²) < 4.78 is 0. The van der Waals surface area contributed by atoms with E-state index >= 15 is 0 Å². The van der Waals surface area contributed by atoms with E-state index in [0.717, 1.165) is 23.3 Å². The number of nitrogens with zero attached hydrogens (tertiary/aromatic N) is 2. The van der Waals surface area contributed by atoms with E-state index in [2.05, 4.69) is 12.2 Å². The Kier molecular flexibility index (Phi) is 5.57. The smallest absolute Gasteiger partial charge is 0.325 e. The van der Waals surface area contributed by atoms with Gasteiger partial charge in [0.1, 0.15) is 6.54 Å². The number of amides is 4. The maximum Gasteiger partial charge on any atom is 0.325 e. The second-order valence-corrected chi connectivity index (χ2v) is 8.34. The molecule has 2 saturated heterocycles. The maximum atomic E-state index is 13.6. The van der Waals surface area contributed by atoms with Crippen LogP contribution in [0.1, 0.15) is 30.9 Å². The van der Waals surface area contributed by atoms with Crippen molar-refractivity contribution >= 4 is 17.8 Å². The lowest BCUT2D eigenvalue weighted by molar-refractivity contribution is -0.140. The number of imide groups is 1. The highest BCUT2D eigenvalue weighted by Crippen LogP contribution is 2.33. The Morgan fingerprint density at radius 2 is 1.73 bits per heavy atom. The van der Waals surface area contributed by atoms with Crippen molar-refractivity contribution in [2.75, 3.05) is 19.6 Å². The van der Waals surface area contributed by atoms with Crippen molar-refractivity contribution in [3.05, 3.63) is 71.8 Å². The Bertz CT molecular complexity index is 931. The van der Waals surface area contributed by atoms with Gasteiger partial charge in [-0.25, -0.2) is 4.79 Å². The summed E-state index contributed by atoms with van der Waals surface area (Å²) in [6.45, 7) is 3.26. The minimum absolute atomic E-state index is 0.173. The van der Waals surface area contributed by atoms with E-state index in [1.165, 1.54) is 0 Å². The third kappa shape index (κ3) is 3.82. The highest BCUT2D eigenvalue weighted by atomic mass is 16.2. The summed E-state index contributed by atoms with van der Waals surface area (Å²) in [6, 6.07) is 18.4. The molecule has 0 radical (unpaired) electrons. The van der Waals surface area contributed by atoms with Gasteiger partial charge < -0.3 is 10.2 Å². The van der Waals surface area contributed by atoms with E-state index < -0.39 is 11.6 Å². The van der Waals surface area contributed by atoms with Crippen molar-refractivity contribution in [3.8, 4) is 0 Å². The molecule has 6 heteroatoms. The monoisotopic (exact) mass is 405 g/mol. The van der Waals surface area contributed by atoms with Crippen LogP contribution in [-0.4, -0.2) is 47.3 Å². The van der Waals surface area contributed by atoms with Crippen molar-refractivity contribution in [2.24, 2.45) is 5.92 Å². The Balaban J connectivity index is 1.61. The van der Waals surface area contributed by atoms with Crippen LogP contribution in [0.3, 0.4) is 0 Å². The van der Waals surface area contributed by atoms with Gasteiger partial charge in [-0.05, 0) is 29.9 Å². The van der Waals surface area contributed by atoms with Crippen LogP contribution in [0.25, 0.3) is 0 Å². The topological polar surface area (TPSA) is 69.7 Å². The van der Waals surface area contributed by atoms with Crippen LogP contribution in [0.15, 0.2) is 60.7 Å². The number of hydrogen-bond donors (Lipinski definition) is 1. The van der Waals surface area contributed by atoms with Crippen LogP contribution in [-0.2, 0) is 21.5 Å². The molecule has 0 bridgehead atoms. The zero-order valence-corrected chi connectivity index (χ0v) is 17.2. The fraction of sp³-hybridized carbons (Fsp3) is 0.375. The van der Waals surface area contributed by atoms with Crippen LogP contribution >= 0.6 is 0 Å². The molecule has 156 valence electrons. The molecule has 2 aromatic rings. The van der Waals surface area contributed by atoms with Gasteiger partial charge in [0.15, 0.2) is 5.54 Å². The fourth-order valence-corrected chi connectivity index (χ4v) is 4.46. The van der Waals surface area contributed by atoms with Gasteiger partial charge in [0.25, 0.3) is 5.91 Å². The third-order valence-corrected chi connectivity index (χ3v) is 6.06. The molecule has 4 amide bonds. The number of carbonyl (C=O) groups is 3. The molecular formula is C24H27N3O3. The van der Waals surface area contributed by atoms with Crippen molar-refractivity contribution < 1.29 is 14.4 Å². The van der Waals surface area contributed by atoms with Gasteiger partial charge in [0, 0.05) is 19.5 Å². The average Bonchev–Trinajstić information content (AvgIpc) is 3.00. The first-order valence-corrected chi connectivity index (χ1v) is 10.5. The second kappa shape index (κ2) is 8.30. The van der Waals surface area contributed by atoms with Crippen LogP contribution in [0.4, 0.5) is 4.79 Å². The predicted octanol–water partition coefficient (Wildman–Crippen LogP) is 2.93. The molecule has 0 aromatic heterocycles. The standard InChI is InChI=1S/C24H27N3O3/c1-18-9-8-14-26(16-18)21(28)17-27-22(29)24(25-23(27)30,20-12-6-3-7-13-20)15-19-10-4-2-5-11-19/h2-7,10-13,18H,8-9,14-17H2,1H3,(H,25,30). The molecule has 0 saturated carbocycles. The van der Waals surface area contributed by atoms with Gasteiger partial charge in [-0.15, -0.1) is 0 Å². The summed E-state index contributed by atoms with van der Waals surface area (Å²) in [4.78, 5) is 42.2. The normalized spacial score (nSPS) is 24.1. The molecule has 2 aliphatic rings. The first-order valence-electron chi connectivity index (χ1n) is 10.5. The largest absolute Gasteiger partial charge is 0.341 e. The van der Waals surface area contributed by atoms with E-state index in [-0.39, 0.29) is 18.4 Å². The highest BCUT2D eigenvalue weighted by Gasteiger charge is 2.53. The van der Waals surface area contributed by atoms with Crippen molar-refractivity contribution in [3.63, 3.8) is 0 Å². The SMILES string of the molecule is CC1CCCN(C(=O)CN2C(=O)NC(Cc3ccccc3)(c3ccccc3)C2=O)C1. The first-order chi connectivity index (χ1) is 14.5. The van der Waals surface area contributed by atoms with Gasteiger partial charge in [0.2, 0.25) is 5.91 Å². The highest BCUT2D eigenvalue weighted by molar-refractivity contribution is 6.09. The molecule has 0 aliphatic carbocycles. The number of rotatable bonds is 5. The van der Waals surface area contributed by atoms with Gasteiger partial charge in [-0.3, -0.25) is 14.5 Å². The van der Waals surface area contributed by atoms with Crippen LogP contribution in [0.5, 0.6) is 0 Å². The summed E-state index contributed by atoms with van der Waals surface area (Å²) in [7, 11) is 0. The van der Waals surface area contributed by atoms with Gasteiger partial charge in [-0.2, -0.15) is 0 Å². The van der Waals surface area contributed by atoms with Gasteiger partial charge in [-0.1, -0.05) is 67.6 Å². The summed E-state index contributed by atoms with van der Waals surface area (Å²) in [5.74, 6) is -0.109. The van der Waals surface area contributed by atoms with E-state index in [1.807, 2.05) is 60.7 Å². The molecule has 30 heavy (non-hydrogen) atoms. The first kappa shape index (κ1) is 20.1. The number of urea groups is 1. The van der Waals surface area contributed by atoms with Crippen LogP contribution in [0.2, 0.25) is 0 Å². The lowest BCUT2D eigenvalue weighted by Crippen LogP contribution is -2.48.